The van der Waals surface area contributed by atoms with Gasteiger partial charge in [-0.2, -0.15) is 0 Å². The first kappa shape index (κ1) is 19.2. The van der Waals surface area contributed by atoms with Crippen molar-refractivity contribution in [3.8, 4) is 0 Å². The summed E-state index contributed by atoms with van der Waals surface area (Å²) < 4.78 is 5.88. The molecular weight excluding hydrogens is 409 g/mol. The molecule has 1 amide bonds. The van der Waals surface area contributed by atoms with Crippen LogP contribution in [-0.4, -0.2) is 5.91 Å². The smallest absolute Gasteiger partial charge is 0.248 e. The van der Waals surface area contributed by atoms with Crippen LogP contribution < -0.4 is 10.7 Å². The predicted octanol–water partition coefficient (Wildman–Crippen LogP) is 6.21. The zero-order chi connectivity index (χ0) is 20.5. The van der Waals surface area contributed by atoms with Gasteiger partial charge in [-0.05, 0) is 54.5 Å². The Morgan fingerprint density at radius 2 is 1.72 bits per heavy atom. The number of carbonyl (C=O) groups excluding carboxylic acids is 1. The maximum Gasteiger partial charge on any atom is 0.248 e. The monoisotopic (exact) mass is 423 g/mol. The van der Waals surface area contributed by atoms with Gasteiger partial charge in [0, 0.05) is 27.9 Å². The van der Waals surface area contributed by atoms with E-state index < -0.39 is 0 Å². The van der Waals surface area contributed by atoms with Gasteiger partial charge in [0.2, 0.25) is 11.3 Å². The average Bonchev–Trinajstić information content (AvgIpc) is 2.69. The summed E-state index contributed by atoms with van der Waals surface area (Å²) in [5, 5.41) is 4.68. The molecule has 0 aliphatic rings. The summed E-state index contributed by atoms with van der Waals surface area (Å²) in [5.74, 6) is -0.324. The Morgan fingerprint density at radius 1 is 0.966 bits per heavy atom. The van der Waals surface area contributed by atoms with Crippen molar-refractivity contribution in [3.05, 3.63) is 92.1 Å². The zero-order valence-electron chi connectivity index (χ0n) is 15.3. The van der Waals surface area contributed by atoms with Gasteiger partial charge < -0.3 is 9.73 Å². The molecule has 0 atom stereocenters. The van der Waals surface area contributed by atoms with Crippen LogP contribution in [0.1, 0.15) is 11.1 Å². The van der Waals surface area contributed by atoms with Crippen molar-refractivity contribution in [2.24, 2.45) is 0 Å². The summed E-state index contributed by atoms with van der Waals surface area (Å²) in [4.78, 5) is 25.0. The Morgan fingerprint density at radius 3 is 2.52 bits per heavy atom. The number of carbonyl (C=O) groups is 1. The lowest BCUT2D eigenvalue weighted by molar-refractivity contribution is -0.111. The van der Waals surface area contributed by atoms with Crippen LogP contribution in [-0.2, 0) is 4.79 Å². The maximum absolute atomic E-state index is 12.7. The van der Waals surface area contributed by atoms with Crippen LogP contribution in [0.25, 0.3) is 28.0 Å². The minimum Gasteiger partial charge on any atom is -0.456 e. The van der Waals surface area contributed by atoms with E-state index in [0.29, 0.717) is 37.7 Å². The van der Waals surface area contributed by atoms with Crippen LogP contribution in [0, 0.1) is 6.92 Å². The quantitative estimate of drug-likeness (QED) is 0.314. The lowest BCUT2D eigenvalue weighted by atomic mass is 10.1. The Hall–Kier alpha value is -3.08. The van der Waals surface area contributed by atoms with Crippen molar-refractivity contribution in [2.45, 2.75) is 6.92 Å². The fourth-order valence-corrected chi connectivity index (χ4v) is 3.37. The molecule has 0 fully saturated rings. The van der Waals surface area contributed by atoms with Gasteiger partial charge >= 0.3 is 0 Å². The number of rotatable bonds is 3. The molecule has 1 heterocycles. The highest BCUT2D eigenvalue weighted by atomic mass is 35.5. The molecule has 29 heavy (non-hydrogen) atoms. The number of halogens is 2. The van der Waals surface area contributed by atoms with Crippen molar-refractivity contribution in [1.82, 2.24) is 0 Å². The van der Waals surface area contributed by atoms with Crippen LogP contribution in [0.4, 0.5) is 5.69 Å². The van der Waals surface area contributed by atoms with Gasteiger partial charge in [-0.1, -0.05) is 41.4 Å². The van der Waals surface area contributed by atoms with Gasteiger partial charge in [0.25, 0.3) is 0 Å². The molecule has 0 saturated heterocycles. The number of aryl methyl sites for hydroxylation is 1. The van der Waals surface area contributed by atoms with E-state index in [1.165, 1.54) is 6.08 Å². The summed E-state index contributed by atoms with van der Waals surface area (Å²) in [6.45, 7) is 1.84. The van der Waals surface area contributed by atoms with Gasteiger partial charge in [0.05, 0.1) is 10.8 Å². The number of amides is 1. The van der Waals surface area contributed by atoms with Crippen molar-refractivity contribution >= 4 is 62.8 Å². The topological polar surface area (TPSA) is 59.3 Å². The Bertz CT molecular complexity index is 1360. The third kappa shape index (κ3) is 3.90. The first-order chi connectivity index (χ1) is 13.9. The molecule has 0 aliphatic heterocycles. The maximum atomic E-state index is 12.7. The Balaban J connectivity index is 1.66. The molecule has 0 aliphatic carbocycles. The molecule has 0 unspecified atom stereocenters. The second kappa shape index (κ2) is 7.74. The molecule has 4 rings (SSSR count). The molecule has 1 N–H and O–H groups in total. The second-order valence-electron chi connectivity index (χ2n) is 6.58. The molecule has 0 bridgehead atoms. The van der Waals surface area contributed by atoms with Crippen molar-refractivity contribution in [2.75, 3.05) is 5.32 Å². The highest BCUT2D eigenvalue weighted by Crippen LogP contribution is 2.26. The van der Waals surface area contributed by atoms with Gasteiger partial charge in [-0.3, -0.25) is 9.59 Å². The first-order valence-electron chi connectivity index (χ1n) is 8.83. The molecule has 0 radical (unpaired) electrons. The molecule has 0 spiro atoms. The van der Waals surface area contributed by atoms with E-state index in [-0.39, 0.29) is 11.3 Å². The van der Waals surface area contributed by atoms with Gasteiger partial charge in [0.15, 0.2) is 0 Å². The minimum absolute atomic E-state index is 0.167. The molecule has 4 nitrogen and oxygen atoms in total. The van der Waals surface area contributed by atoms with E-state index in [1.807, 2.05) is 25.1 Å². The molecule has 1 aromatic heterocycles. The summed E-state index contributed by atoms with van der Waals surface area (Å²) in [5.41, 5.74) is 2.74. The normalized spacial score (nSPS) is 11.4. The van der Waals surface area contributed by atoms with Crippen LogP contribution in [0.5, 0.6) is 0 Å². The van der Waals surface area contributed by atoms with Crippen LogP contribution >= 0.6 is 23.2 Å². The summed E-state index contributed by atoms with van der Waals surface area (Å²) in [6, 6.07) is 15.5. The molecular formula is C23H15Cl2NO3. The predicted molar refractivity (Wildman–Crippen MR) is 119 cm³/mol. The lowest BCUT2D eigenvalue weighted by Crippen LogP contribution is -2.08. The third-order valence-corrected chi connectivity index (χ3v) is 5.29. The fourth-order valence-electron chi connectivity index (χ4n) is 3.01. The average molecular weight is 424 g/mol. The largest absolute Gasteiger partial charge is 0.456 e. The van der Waals surface area contributed by atoms with E-state index in [1.54, 1.807) is 42.5 Å². The molecule has 144 valence electrons. The minimum atomic E-state index is -0.324. The van der Waals surface area contributed by atoms with Gasteiger partial charge in [-0.25, -0.2) is 0 Å². The Labute approximate surface area is 176 Å². The zero-order valence-corrected chi connectivity index (χ0v) is 16.8. The van der Waals surface area contributed by atoms with E-state index in [9.17, 15) is 9.59 Å². The Kier molecular flexibility index (Phi) is 5.14. The second-order valence-corrected chi connectivity index (χ2v) is 7.40. The van der Waals surface area contributed by atoms with Crippen molar-refractivity contribution in [3.63, 3.8) is 0 Å². The molecule has 4 aromatic rings. The summed E-state index contributed by atoms with van der Waals surface area (Å²) in [6.07, 6.45) is 3.03. The highest BCUT2D eigenvalue weighted by Gasteiger charge is 2.11. The van der Waals surface area contributed by atoms with E-state index in [4.69, 9.17) is 27.6 Å². The number of fused-ring (bicyclic) bond motifs is 2. The van der Waals surface area contributed by atoms with Crippen LogP contribution in [0.3, 0.4) is 0 Å². The van der Waals surface area contributed by atoms with E-state index in [0.717, 1.165) is 11.1 Å². The molecule has 3 aromatic carbocycles. The summed E-state index contributed by atoms with van der Waals surface area (Å²) in [7, 11) is 0. The van der Waals surface area contributed by atoms with Gasteiger partial charge in [-0.15, -0.1) is 0 Å². The van der Waals surface area contributed by atoms with Crippen molar-refractivity contribution < 1.29 is 9.21 Å². The van der Waals surface area contributed by atoms with E-state index in [2.05, 4.69) is 5.32 Å². The SMILES string of the molecule is Cc1cc2oc3cc(NC(=O)/C=C/c4ccccc4Cl)ccc3c(=O)c2cc1Cl. The number of hydrogen-bond acceptors (Lipinski definition) is 3. The first-order valence-corrected chi connectivity index (χ1v) is 9.58. The number of hydrogen-bond donors (Lipinski definition) is 1. The highest BCUT2D eigenvalue weighted by molar-refractivity contribution is 6.32. The van der Waals surface area contributed by atoms with Crippen LogP contribution in [0.2, 0.25) is 10.0 Å². The molecule has 6 heteroatoms. The standard InChI is InChI=1S/C23H15Cl2NO3/c1-13-10-20-17(12-19(13)25)23(28)16-8-7-15(11-21(16)29-20)26-22(27)9-6-14-4-2-3-5-18(14)24/h2-12H,1H3,(H,26,27)/b9-6+. The third-order valence-electron chi connectivity index (χ3n) is 4.54. The van der Waals surface area contributed by atoms with Crippen molar-refractivity contribution in [1.29, 1.82) is 0 Å². The van der Waals surface area contributed by atoms with Crippen LogP contribution in [0.15, 0.2) is 69.9 Å². The number of nitrogens with one attached hydrogen (secondary N) is 1. The fraction of sp³-hybridized carbons (Fsp3) is 0.0435. The molecule has 0 saturated carbocycles. The van der Waals surface area contributed by atoms with Gasteiger partial charge in [0.1, 0.15) is 11.2 Å². The number of benzene rings is 3. The summed E-state index contributed by atoms with van der Waals surface area (Å²) >= 11 is 12.2. The lowest BCUT2D eigenvalue weighted by Gasteiger charge is -2.06. The van der Waals surface area contributed by atoms with E-state index >= 15 is 0 Å². The number of anilines is 1.